The third-order valence-electron chi connectivity index (χ3n) is 7.71. The van der Waals surface area contributed by atoms with E-state index in [1.165, 1.54) is 63.9 Å². The first kappa shape index (κ1) is 17.9. The fourth-order valence-electron chi connectivity index (χ4n) is 5.82. The van der Waals surface area contributed by atoms with Crippen LogP contribution in [0.15, 0.2) is 0 Å². The number of likely N-dealkylation sites (tertiary alicyclic amines) is 1. The van der Waals surface area contributed by atoms with Crippen molar-refractivity contribution in [1.29, 1.82) is 0 Å². The molecule has 1 saturated carbocycles. The lowest BCUT2D eigenvalue weighted by Gasteiger charge is -2.48. The second kappa shape index (κ2) is 7.03. The second-order valence-corrected chi connectivity index (χ2v) is 9.30. The molecule has 4 aliphatic rings. The maximum absolute atomic E-state index is 5.97. The SMILES string of the molecule is CCn1c(C2C3CCCOC32)nnc1N1CCC(C)(N2CCCCC2)CC1. The maximum Gasteiger partial charge on any atom is 0.227 e. The van der Waals surface area contributed by atoms with Gasteiger partial charge < -0.3 is 9.64 Å². The van der Waals surface area contributed by atoms with Gasteiger partial charge in [0.1, 0.15) is 5.82 Å². The van der Waals surface area contributed by atoms with Crippen molar-refractivity contribution < 1.29 is 4.74 Å². The van der Waals surface area contributed by atoms with Crippen molar-refractivity contribution in [2.45, 2.75) is 82.9 Å². The van der Waals surface area contributed by atoms with Gasteiger partial charge in [0, 0.05) is 31.8 Å². The molecule has 4 heterocycles. The molecule has 1 aromatic rings. The number of hydrogen-bond donors (Lipinski definition) is 0. The van der Waals surface area contributed by atoms with Crippen LogP contribution >= 0.6 is 0 Å². The van der Waals surface area contributed by atoms with E-state index in [0.29, 0.717) is 23.5 Å². The van der Waals surface area contributed by atoms with Crippen molar-refractivity contribution in [3.63, 3.8) is 0 Å². The molecular formula is C21H35N5O. The number of rotatable bonds is 4. The van der Waals surface area contributed by atoms with Crippen molar-refractivity contribution in [2.24, 2.45) is 5.92 Å². The number of anilines is 1. The number of fused-ring (bicyclic) bond motifs is 1. The van der Waals surface area contributed by atoms with Gasteiger partial charge in [-0.15, -0.1) is 10.2 Å². The van der Waals surface area contributed by atoms with Gasteiger partial charge in [-0.2, -0.15) is 0 Å². The Hall–Kier alpha value is -1.14. The minimum atomic E-state index is 0.371. The van der Waals surface area contributed by atoms with Crippen molar-refractivity contribution >= 4 is 5.95 Å². The monoisotopic (exact) mass is 373 g/mol. The fourth-order valence-corrected chi connectivity index (χ4v) is 5.82. The van der Waals surface area contributed by atoms with Crippen LogP contribution in [0.3, 0.4) is 0 Å². The Morgan fingerprint density at radius 1 is 1.04 bits per heavy atom. The average molecular weight is 374 g/mol. The zero-order valence-corrected chi connectivity index (χ0v) is 17.1. The minimum Gasteiger partial charge on any atom is -0.377 e. The highest BCUT2D eigenvalue weighted by Gasteiger charge is 2.56. The van der Waals surface area contributed by atoms with E-state index < -0.39 is 0 Å². The maximum atomic E-state index is 5.97. The van der Waals surface area contributed by atoms with Crippen LogP contribution in [0.5, 0.6) is 0 Å². The summed E-state index contributed by atoms with van der Waals surface area (Å²) in [7, 11) is 0. The molecule has 3 atom stereocenters. The molecule has 3 aliphatic heterocycles. The quantitative estimate of drug-likeness (QED) is 0.812. The Labute approximate surface area is 163 Å². The van der Waals surface area contributed by atoms with E-state index in [1.54, 1.807) is 0 Å². The molecule has 0 spiro atoms. The number of hydrogen-bond acceptors (Lipinski definition) is 5. The molecule has 1 aromatic heterocycles. The summed E-state index contributed by atoms with van der Waals surface area (Å²) >= 11 is 0. The smallest absolute Gasteiger partial charge is 0.227 e. The van der Waals surface area contributed by atoms with Crippen molar-refractivity contribution in [2.75, 3.05) is 37.7 Å². The lowest BCUT2D eigenvalue weighted by molar-refractivity contribution is 0.0590. The lowest BCUT2D eigenvalue weighted by atomic mass is 9.86. The molecule has 3 unspecified atom stereocenters. The molecule has 0 radical (unpaired) electrons. The molecule has 6 nitrogen and oxygen atoms in total. The molecule has 27 heavy (non-hydrogen) atoms. The summed E-state index contributed by atoms with van der Waals surface area (Å²) in [5.41, 5.74) is 0.371. The van der Waals surface area contributed by atoms with Gasteiger partial charge in [-0.3, -0.25) is 9.47 Å². The van der Waals surface area contributed by atoms with E-state index in [1.807, 2.05) is 0 Å². The van der Waals surface area contributed by atoms with E-state index in [-0.39, 0.29) is 0 Å². The summed E-state index contributed by atoms with van der Waals surface area (Å²) < 4.78 is 8.34. The summed E-state index contributed by atoms with van der Waals surface area (Å²) in [6.45, 7) is 11.4. The molecule has 0 amide bonds. The highest BCUT2D eigenvalue weighted by Crippen LogP contribution is 2.54. The number of aromatic nitrogens is 3. The Balaban J connectivity index is 1.29. The topological polar surface area (TPSA) is 46.4 Å². The zero-order chi connectivity index (χ0) is 18.4. The summed E-state index contributed by atoms with van der Waals surface area (Å²) in [6, 6.07) is 0. The van der Waals surface area contributed by atoms with Gasteiger partial charge in [-0.05, 0) is 71.4 Å². The molecule has 6 heteroatoms. The third kappa shape index (κ3) is 3.09. The predicted octanol–water partition coefficient (Wildman–Crippen LogP) is 3.04. The fraction of sp³-hybridized carbons (Fsp3) is 0.905. The highest BCUT2D eigenvalue weighted by molar-refractivity contribution is 5.35. The van der Waals surface area contributed by atoms with Gasteiger partial charge in [-0.1, -0.05) is 6.42 Å². The van der Waals surface area contributed by atoms with Crippen LogP contribution in [0.1, 0.15) is 70.5 Å². The van der Waals surface area contributed by atoms with Gasteiger partial charge >= 0.3 is 0 Å². The summed E-state index contributed by atoms with van der Waals surface area (Å²) in [5, 5.41) is 9.32. The first-order valence-corrected chi connectivity index (χ1v) is 11.3. The Morgan fingerprint density at radius 2 is 1.81 bits per heavy atom. The molecule has 5 rings (SSSR count). The standard InChI is InChI=1S/C21H35N5O/c1-3-26-19(17-16-8-7-15-27-18(16)17)22-23-20(26)24-13-9-21(2,10-14-24)25-11-5-4-6-12-25/h16-18H,3-15H2,1-2H3. The van der Waals surface area contributed by atoms with Gasteiger partial charge in [-0.25, -0.2) is 0 Å². The second-order valence-electron chi connectivity index (χ2n) is 9.30. The van der Waals surface area contributed by atoms with E-state index in [9.17, 15) is 0 Å². The van der Waals surface area contributed by atoms with Crippen molar-refractivity contribution in [1.82, 2.24) is 19.7 Å². The van der Waals surface area contributed by atoms with E-state index in [4.69, 9.17) is 4.74 Å². The van der Waals surface area contributed by atoms with Crippen LogP contribution in [0, 0.1) is 5.92 Å². The molecular weight excluding hydrogens is 338 g/mol. The van der Waals surface area contributed by atoms with Crippen LogP contribution in [-0.2, 0) is 11.3 Å². The normalized spacial score (nSPS) is 33.7. The van der Waals surface area contributed by atoms with Crippen LogP contribution in [0.4, 0.5) is 5.95 Å². The van der Waals surface area contributed by atoms with Gasteiger partial charge in [0.15, 0.2) is 0 Å². The summed E-state index contributed by atoms with van der Waals surface area (Å²) in [5.74, 6) is 3.44. The van der Waals surface area contributed by atoms with E-state index >= 15 is 0 Å². The van der Waals surface area contributed by atoms with Crippen LogP contribution in [0.25, 0.3) is 0 Å². The largest absolute Gasteiger partial charge is 0.377 e. The average Bonchev–Trinajstić information content (AvgIpc) is 3.30. The lowest BCUT2D eigenvalue weighted by Crippen LogP contribution is -2.55. The molecule has 4 fully saturated rings. The molecule has 1 aliphatic carbocycles. The Kier molecular flexibility index (Phi) is 4.67. The predicted molar refractivity (Wildman–Crippen MR) is 106 cm³/mol. The first-order chi connectivity index (χ1) is 13.2. The van der Waals surface area contributed by atoms with Gasteiger partial charge in [0.2, 0.25) is 5.95 Å². The summed E-state index contributed by atoms with van der Waals surface area (Å²) in [4.78, 5) is 5.24. The van der Waals surface area contributed by atoms with Crippen molar-refractivity contribution in [3.8, 4) is 0 Å². The molecule has 0 bridgehead atoms. The Morgan fingerprint density at radius 3 is 2.48 bits per heavy atom. The van der Waals surface area contributed by atoms with Crippen LogP contribution < -0.4 is 4.90 Å². The van der Waals surface area contributed by atoms with Crippen molar-refractivity contribution in [3.05, 3.63) is 5.82 Å². The van der Waals surface area contributed by atoms with Gasteiger partial charge in [0.05, 0.1) is 12.0 Å². The number of piperidine rings is 2. The van der Waals surface area contributed by atoms with E-state index in [2.05, 4.69) is 38.4 Å². The summed E-state index contributed by atoms with van der Waals surface area (Å²) in [6.07, 6.45) is 9.52. The van der Waals surface area contributed by atoms with Gasteiger partial charge in [0.25, 0.3) is 0 Å². The molecule has 3 saturated heterocycles. The number of ether oxygens (including phenoxy) is 1. The first-order valence-electron chi connectivity index (χ1n) is 11.3. The molecule has 150 valence electrons. The molecule has 0 N–H and O–H groups in total. The molecule has 0 aromatic carbocycles. The Bertz CT molecular complexity index is 648. The van der Waals surface area contributed by atoms with Crippen LogP contribution in [0.2, 0.25) is 0 Å². The van der Waals surface area contributed by atoms with E-state index in [0.717, 1.165) is 32.2 Å². The minimum absolute atomic E-state index is 0.371. The zero-order valence-electron chi connectivity index (χ0n) is 17.1. The van der Waals surface area contributed by atoms with Crippen LogP contribution in [-0.4, -0.2) is 64.1 Å². The number of nitrogens with zero attached hydrogens (tertiary/aromatic N) is 5. The third-order valence-corrected chi connectivity index (χ3v) is 7.71. The highest BCUT2D eigenvalue weighted by atomic mass is 16.5.